The lowest BCUT2D eigenvalue weighted by Crippen LogP contribution is -2.53. The molecule has 0 amide bonds. The minimum atomic E-state index is -3.26. The van der Waals surface area contributed by atoms with Gasteiger partial charge >= 0.3 is 0 Å². The Hall–Kier alpha value is -0.520. The van der Waals surface area contributed by atoms with Crippen LogP contribution in [0.5, 0.6) is 0 Å². The molecule has 26 heavy (non-hydrogen) atoms. The lowest BCUT2D eigenvalue weighted by molar-refractivity contribution is 0.446. The standard InChI is InChI=1S/C17H30N4O2S2.HI/c1-7-18-16(20-12-17(3,4)21-25(6,22)23)19-11-14-9-8-13(2)10-15(14)24-5;/h8-10,21H,7,11-12H2,1-6H3,(H2,18,19,20);1H. The van der Waals surface area contributed by atoms with Crippen LogP contribution in [-0.2, 0) is 16.6 Å². The van der Waals surface area contributed by atoms with Gasteiger partial charge in [-0.2, -0.15) is 0 Å². The summed E-state index contributed by atoms with van der Waals surface area (Å²) < 4.78 is 25.5. The Bertz CT molecular complexity index is 707. The highest BCUT2D eigenvalue weighted by Gasteiger charge is 2.22. The zero-order valence-corrected chi connectivity index (χ0v) is 20.3. The second-order valence-electron chi connectivity index (χ2n) is 6.62. The van der Waals surface area contributed by atoms with Crippen molar-refractivity contribution in [3.8, 4) is 0 Å². The van der Waals surface area contributed by atoms with E-state index in [2.05, 4.69) is 51.7 Å². The van der Waals surface area contributed by atoms with Crippen molar-refractivity contribution in [3.05, 3.63) is 29.3 Å². The predicted molar refractivity (Wildman–Crippen MR) is 123 cm³/mol. The molecule has 0 saturated heterocycles. The Morgan fingerprint density at radius 2 is 1.92 bits per heavy atom. The fourth-order valence-electron chi connectivity index (χ4n) is 2.33. The predicted octanol–water partition coefficient (Wildman–Crippen LogP) is 2.72. The van der Waals surface area contributed by atoms with Crippen molar-refractivity contribution < 1.29 is 8.42 Å². The van der Waals surface area contributed by atoms with Gasteiger partial charge in [-0.15, -0.1) is 35.7 Å². The Morgan fingerprint density at radius 1 is 1.27 bits per heavy atom. The van der Waals surface area contributed by atoms with Crippen LogP contribution >= 0.6 is 35.7 Å². The van der Waals surface area contributed by atoms with Gasteiger partial charge in [0, 0.05) is 23.5 Å². The smallest absolute Gasteiger partial charge is 0.209 e. The van der Waals surface area contributed by atoms with E-state index in [1.54, 1.807) is 11.8 Å². The molecule has 3 N–H and O–H groups in total. The van der Waals surface area contributed by atoms with Crippen LogP contribution in [0.2, 0.25) is 0 Å². The molecule has 0 fully saturated rings. The van der Waals surface area contributed by atoms with Gasteiger partial charge in [-0.1, -0.05) is 12.1 Å². The van der Waals surface area contributed by atoms with E-state index in [-0.39, 0.29) is 24.0 Å². The molecule has 0 saturated carbocycles. The van der Waals surface area contributed by atoms with Gasteiger partial charge in [0.1, 0.15) is 0 Å². The first-order valence-corrected chi connectivity index (χ1v) is 11.3. The number of sulfonamides is 1. The van der Waals surface area contributed by atoms with E-state index in [0.29, 0.717) is 19.0 Å². The van der Waals surface area contributed by atoms with Crippen molar-refractivity contribution in [2.45, 2.75) is 44.7 Å². The molecular formula is C17H31IN4O2S2. The van der Waals surface area contributed by atoms with Crippen molar-refractivity contribution in [2.24, 2.45) is 4.99 Å². The molecule has 150 valence electrons. The van der Waals surface area contributed by atoms with E-state index >= 15 is 0 Å². The number of nitrogens with zero attached hydrogens (tertiary/aromatic N) is 1. The van der Waals surface area contributed by atoms with E-state index in [4.69, 9.17) is 0 Å². The van der Waals surface area contributed by atoms with Crippen molar-refractivity contribution in [1.82, 2.24) is 15.4 Å². The minimum Gasteiger partial charge on any atom is -0.357 e. The fraction of sp³-hybridized carbons (Fsp3) is 0.588. The van der Waals surface area contributed by atoms with Gasteiger partial charge in [0.15, 0.2) is 5.96 Å². The van der Waals surface area contributed by atoms with Crippen molar-refractivity contribution in [3.63, 3.8) is 0 Å². The van der Waals surface area contributed by atoms with Gasteiger partial charge in [0.05, 0.1) is 12.8 Å². The first-order valence-electron chi connectivity index (χ1n) is 8.21. The normalized spacial score (nSPS) is 12.5. The highest BCUT2D eigenvalue weighted by Crippen LogP contribution is 2.22. The highest BCUT2D eigenvalue weighted by molar-refractivity contribution is 14.0. The number of nitrogens with one attached hydrogen (secondary N) is 3. The Morgan fingerprint density at radius 3 is 2.46 bits per heavy atom. The number of aryl methyl sites for hydroxylation is 1. The first-order chi connectivity index (χ1) is 11.6. The van der Waals surface area contributed by atoms with Gasteiger partial charge in [0.2, 0.25) is 10.0 Å². The lowest BCUT2D eigenvalue weighted by Gasteiger charge is -2.26. The minimum absolute atomic E-state index is 0. The molecule has 0 atom stereocenters. The summed E-state index contributed by atoms with van der Waals surface area (Å²) in [5.74, 6) is 0.665. The average molecular weight is 514 g/mol. The monoisotopic (exact) mass is 514 g/mol. The molecule has 0 spiro atoms. The Kier molecular flexibility index (Phi) is 11.1. The molecule has 0 aliphatic heterocycles. The molecule has 0 unspecified atom stereocenters. The summed E-state index contributed by atoms with van der Waals surface area (Å²) in [6.45, 7) is 9.45. The third-order valence-corrected chi connectivity index (χ3v) is 5.10. The van der Waals surface area contributed by atoms with Crippen LogP contribution in [0.25, 0.3) is 0 Å². The molecule has 0 heterocycles. The molecule has 1 aromatic rings. The van der Waals surface area contributed by atoms with E-state index in [1.807, 2.05) is 20.8 Å². The van der Waals surface area contributed by atoms with Crippen LogP contribution in [0.3, 0.4) is 0 Å². The zero-order valence-electron chi connectivity index (χ0n) is 16.3. The van der Waals surface area contributed by atoms with E-state index in [1.165, 1.54) is 16.0 Å². The Balaban J connectivity index is 0.00000625. The summed E-state index contributed by atoms with van der Waals surface area (Å²) in [4.78, 5) is 5.85. The SMILES string of the molecule is CCNC(=NCc1ccc(C)cc1SC)NCC(C)(C)NS(C)(=O)=O.I. The van der Waals surface area contributed by atoms with Crippen LogP contribution in [0.4, 0.5) is 0 Å². The topological polar surface area (TPSA) is 82.6 Å². The molecule has 0 aliphatic carbocycles. The summed E-state index contributed by atoms with van der Waals surface area (Å²) in [5, 5.41) is 6.40. The number of aliphatic imine (C=N–C) groups is 1. The van der Waals surface area contributed by atoms with Crippen LogP contribution < -0.4 is 15.4 Å². The molecule has 1 aromatic carbocycles. The maximum Gasteiger partial charge on any atom is 0.209 e. The lowest BCUT2D eigenvalue weighted by atomic mass is 10.1. The number of rotatable bonds is 8. The molecule has 9 heteroatoms. The summed E-state index contributed by atoms with van der Waals surface area (Å²) >= 11 is 1.71. The number of thioether (sulfide) groups is 1. The molecule has 0 radical (unpaired) electrons. The number of hydrogen-bond donors (Lipinski definition) is 3. The Labute approximate surface area is 179 Å². The van der Waals surface area contributed by atoms with Crippen molar-refractivity contribution in [2.75, 3.05) is 25.6 Å². The number of guanidine groups is 1. The molecule has 0 aliphatic rings. The van der Waals surface area contributed by atoms with E-state index in [0.717, 1.165) is 12.8 Å². The van der Waals surface area contributed by atoms with E-state index in [9.17, 15) is 8.42 Å². The van der Waals surface area contributed by atoms with Crippen molar-refractivity contribution in [1.29, 1.82) is 0 Å². The number of benzene rings is 1. The summed E-state index contributed by atoms with van der Waals surface area (Å²) in [6.07, 6.45) is 3.22. The maximum atomic E-state index is 11.4. The van der Waals surface area contributed by atoms with Gasteiger partial charge in [-0.05, 0) is 51.1 Å². The van der Waals surface area contributed by atoms with Crippen LogP contribution in [-0.4, -0.2) is 45.5 Å². The van der Waals surface area contributed by atoms with Gasteiger partial charge in [0.25, 0.3) is 0 Å². The molecule has 0 aromatic heterocycles. The third kappa shape index (κ3) is 9.98. The second-order valence-corrected chi connectivity index (χ2v) is 9.22. The molecule has 0 bridgehead atoms. The second kappa shape index (κ2) is 11.4. The third-order valence-electron chi connectivity index (χ3n) is 3.35. The van der Waals surface area contributed by atoms with Gasteiger partial charge in [-0.25, -0.2) is 18.1 Å². The number of halogens is 1. The summed E-state index contributed by atoms with van der Waals surface area (Å²) in [7, 11) is -3.26. The maximum absolute atomic E-state index is 11.4. The largest absolute Gasteiger partial charge is 0.357 e. The van der Waals surface area contributed by atoms with Crippen LogP contribution in [0.15, 0.2) is 28.1 Å². The summed E-state index contributed by atoms with van der Waals surface area (Å²) in [5.41, 5.74) is 1.79. The zero-order chi connectivity index (χ0) is 19.1. The van der Waals surface area contributed by atoms with Crippen LogP contribution in [0.1, 0.15) is 31.9 Å². The average Bonchev–Trinajstić information content (AvgIpc) is 2.48. The quantitative estimate of drug-likeness (QED) is 0.215. The van der Waals surface area contributed by atoms with Gasteiger partial charge in [-0.3, -0.25) is 0 Å². The van der Waals surface area contributed by atoms with Crippen molar-refractivity contribution >= 4 is 51.7 Å². The fourth-order valence-corrected chi connectivity index (χ4v) is 4.11. The molecule has 1 rings (SSSR count). The van der Waals surface area contributed by atoms with E-state index < -0.39 is 15.6 Å². The first kappa shape index (κ1) is 25.5. The van der Waals surface area contributed by atoms with Crippen LogP contribution in [0, 0.1) is 6.92 Å². The summed E-state index contributed by atoms with van der Waals surface area (Å²) in [6, 6.07) is 6.35. The van der Waals surface area contributed by atoms with Gasteiger partial charge < -0.3 is 10.6 Å². The highest BCUT2D eigenvalue weighted by atomic mass is 127. The molecular weight excluding hydrogens is 483 g/mol. The number of hydrogen-bond acceptors (Lipinski definition) is 4. The molecule has 6 nitrogen and oxygen atoms in total.